The van der Waals surface area contributed by atoms with E-state index in [4.69, 9.17) is 4.74 Å². The first-order chi connectivity index (χ1) is 9.87. The van der Waals surface area contributed by atoms with Gasteiger partial charge in [0.1, 0.15) is 5.60 Å². The number of nitrogens with one attached hydrogen (secondary N) is 2. The Kier molecular flexibility index (Phi) is 8.09. The van der Waals surface area contributed by atoms with Crippen molar-refractivity contribution in [1.29, 1.82) is 0 Å². The first kappa shape index (κ1) is 18.3. The van der Waals surface area contributed by atoms with Crippen LogP contribution in [0.3, 0.4) is 0 Å². The Hall–Kier alpha value is -0.770. The van der Waals surface area contributed by atoms with Gasteiger partial charge in [-0.1, -0.05) is 25.7 Å². The predicted octanol–water partition coefficient (Wildman–Crippen LogP) is 3.85. The number of hydrogen-bond donors (Lipinski definition) is 2. The van der Waals surface area contributed by atoms with Gasteiger partial charge in [0, 0.05) is 6.04 Å². The van der Waals surface area contributed by atoms with Crippen LogP contribution < -0.4 is 10.6 Å². The van der Waals surface area contributed by atoms with Gasteiger partial charge in [-0.2, -0.15) is 0 Å². The highest BCUT2D eigenvalue weighted by atomic mass is 16.6. The van der Waals surface area contributed by atoms with Crippen LogP contribution in [0.15, 0.2) is 0 Å². The van der Waals surface area contributed by atoms with Gasteiger partial charge in [0.05, 0.1) is 0 Å². The average Bonchev–Trinajstić information content (AvgIpc) is 2.60. The van der Waals surface area contributed by atoms with Gasteiger partial charge in [0.25, 0.3) is 0 Å². The third kappa shape index (κ3) is 9.72. The lowest BCUT2D eigenvalue weighted by Crippen LogP contribution is -2.39. The SMILES string of the molecule is CC(CCNCC1CCCCCC1)NC(=O)OC(C)(C)C. The first-order valence-electron chi connectivity index (χ1n) is 8.57. The van der Waals surface area contributed by atoms with Crippen LogP contribution in [0.2, 0.25) is 0 Å². The molecule has 1 fully saturated rings. The van der Waals surface area contributed by atoms with E-state index in [1.54, 1.807) is 0 Å². The van der Waals surface area contributed by atoms with E-state index >= 15 is 0 Å². The van der Waals surface area contributed by atoms with Gasteiger partial charge in [-0.3, -0.25) is 0 Å². The van der Waals surface area contributed by atoms with Gasteiger partial charge >= 0.3 is 6.09 Å². The molecule has 0 aromatic rings. The quantitative estimate of drug-likeness (QED) is 0.578. The van der Waals surface area contributed by atoms with E-state index in [2.05, 4.69) is 10.6 Å². The predicted molar refractivity (Wildman–Crippen MR) is 87.5 cm³/mol. The fourth-order valence-corrected chi connectivity index (χ4v) is 2.77. The molecule has 1 aliphatic carbocycles. The van der Waals surface area contributed by atoms with Crippen LogP contribution >= 0.6 is 0 Å². The minimum atomic E-state index is -0.429. The minimum Gasteiger partial charge on any atom is -0.444 e. The molecule has 1 unspecified atom stereocenters. The Morgan fingerprint density at radius 1 is 1.19 bits per heavy atom. The maximum Gasteiger partial charge on any atom is 0.407 e. The Bertz CT molecular complexity index is 292. The topological polar surface area (TPSA) is 50.4 Å². The van der Waals surface area contributed by atoms with Crippen molar-refractivity contribution in [1.82, 2.24) is 10.6 Å². The molecule has 1 saturated carbocycles. The first-order valence-corrected chi connectivity index (χ1v) is 8.57. The summed E-state index contributed by atoms with van der Waals surface area (Å²) in [4.78, 5) is 11.6. The zero-order chi connectivity index (χ0) is 15.7. The number of rotatable bonds is 6. The Labute approximate surface area is 130 Å². The molecule has 1 amide bonds. The zero-order valence-electron chi connectivity index (χ0n) is 14.3. The second kappa shape index (κ2) is 9.29. The summed E-state index contributed by atoms with van der Waals surface area (Å²) in [5.74, 6) is 0.849. The summed E-state index contributed by atoms with van der Waals surface area (Å²) in [5, 5.41) is 6.43. The standard InChI is InChI=1S/C17H34N2O2/c1-14(19-16(20)21-17(2,3)4)11-12-18-13-15-9-7-5-6-8-10-15/h14-15,18H,5-13H2,1-4H3,(H,19,20). The van der Waals surface area contributed by atoms with Crippen molar-refractivity contribution in [3.63, 3.8) is 0 Å². The molecule has 0 heterocycles. The lowest BCUT2D eigenvalue weighted by atomic mass is 10.0. The van der Waals surface area contributed by atoms with E-state index in [9.17, 15) is 4.79 Å². The molecular weight excluding hydrogens is 264 g/mol. The summed E-state index contributed by atoms with van der Waals surface area (Å²) in [6.07, 6.45) is 8.97. The normalized spacial score (nSPS) is 18.9. The number of carbonyl (C=O) groups is 1. The summed E-state index contributed by atoms with van der Waals surface area (Å²) in [5.41, 5.74) is -0.429. The highest BCUT2D eigenvalue weighted by molar-refractivity contribution is 5.67. The van der Waals surface area contributed by atoms with E-state index in [-0.39, 0.29) is 12.1 Å². The second-order valence-corrected chi connectivity index (χ2v) is 7.40. The molecular formula is C17H34N2O2. The molecule has 124 valence electrons. The summed E-state index contributed by atoms with van der Waals surface area (Å²) in [6, 6.07) is 0.140. The molecule has 1 rings (SSSR count). The molecule has 0 aromatic heterocycles. The van der Waals surface area contributed by atoms with Crippen LogP contribution in [0.1, 0.15) is 72.6 Å². The number of amides is 1. The zero-order valence-corrected chi connectivity index (χ0v) is 14.3. The molecule has 0 spiro atoms. The Balaban J connectivity index is 2.07. The molecule has 2 N–H and O–H groups in total. The van der Waals surface area contributed by atoms with E-state index in [0.717, 1.165) is 25.4 Å². The molecule has 0 aliphatic heterocycles. The Morgan fingerprint density at radius 2 is 1.81 bits per heavy atom. The summed E-state index contributed by atoms with van der Waals surface area (Å²) in [7, 11) is 0. The van der Waals surface area contributed by atoms with Crippen molar-refractivity contribution in [2.45, 2.75) is 84.3 Å². The molecule has 0 aromatic carbocycles. The molecule has 0 bridgehead atoms. The number of carbonyl (C=O) groups excluding carboxylic acids is 1. The third-order valence-corrected chi connectivity index (χ3v) is 3.93. The van der Waals surface area contributed by atoms with Crippen molar-refractivity contribution >= 4 is 6.09 Å². The Morgan fingerprint density at radius 3 is 2.38 bits per heavy atom. The molecule has 21 heavy (non-hydrogen) atoms. The lowest BCUT2D eigenvalue weighted by Gasteiger charge is -2.22. The van der Waals surface area contributed by atoms with Crippen molar-refractivity contribution < 1.29 is 9.53 Å². The maximum absolute atomic E-state index is 11.6. The fourth-order valence-electron chi connectivity index (χ4n) is 2.77. The highest BCUT2D eigenvalue weighted by Crippen LogP contribution is 2.21. The highest BCUT2D eigenvalue weighted by Gasteiger charge is 2.17. The molecule has 0 saturated heterocycles. The molecule has 1 aliphatic rings. The van der Waals surface area contributed by atoms with Crippen molar-refractivity contribution in [2.75, 3.05) is 13.1 Å². The minimum absolute atomic E-state index is 0.140. The van der Waals surface area contributed by atoms with E-state index in [1.165, 1.54) is 38.5 Å². The largest absolute Gasteiger partial charge is 0.444 e. The van der Waals surface area contributed by atoms with Crippen LogP contribution in [0.25, 0.3) is 0 Å². The van der Waals surface area contributed by atoms with Crippen LogP contribution in [0, 0.1) is 5.92 Å². The van der Waals surface area contributed by atoms with Gasteiger partial charge < -0.3 is 15.4 Å². The van der Waals surface area contributed by atoms with E-state index in [0.29, 0.717) is 0 Å². The van der Waals surface area contributed by atoms with Crippen molar-refractivity contribution in [3.05, 3.63) is 0 Å². The summed E-state index contributed by atoms with van der Waals surface area (Å²) >= 11 is 0. The lowest BCUT2D eigenvalue weighted by molar-refractivity contribution is 0.0506. The average molecular weight is 298 g/mol. The van der Waals surface area contributed by atoms with E-state index in [1.807, 2.05) is 27.7 Å². The molecule has 4 nitrogen and oxygen atoms in total. The summed E-state index contributed by atoms with van der Waals surface area (Å²) < 4.78 is 5.25. The molecule has 1 atom stereocenters. The number of ether oxygens (including phenoxy) is 1. The van der Waals surface area contributed by atoms with Crippen LogP contribution in [0.5, 0.6) is 0 Å². The second-order valence-electron chi connectivity index (χ2n) is 7.40. The van der Waals surface area contributed by atoms with Gasteiger partial charge in [-0.15, -0.1) is 0 Å². The van der Waals surface area contributed by atoms with E-state index < -0.39 is 5.60 Å². The number of hydrogen-bond acceptors (Lipinski definition) is 3. The smallest absolute Gasteiger partial charge is 0.407 e. The van der Waals surface area contributed by atoms with Gasteiger partial charge in [-0.05, 0) is 66.0 Å². The van der Waals surface area contributed by atoms with Gasteiger partial charge in [0.2, 0.25) is 0 Å². The maximum atomic E-state index is 11.6. The summed E-state index contributed by atoms with van der Waals surface area (Å²) in [6.45, 7) is 9.74. The molecule has 0 radical (unpaired) electrons. The van der Waals surface area contributed by atoms with Gasteiger partial charge in [-0.25, -0.2) is 4.79 Å². The van der Waals surface area contributed by atoms with Crippen molar-refractivity contribution in [3.8, 4) is 0 Å². The van der Waals surface area contributed by atoms with Crippen LogP contribution in [-0.4, -0.2) is 30.8 Å². The number of alkyl carbamates (subject to hydrolysis) is 1. The fraction of sp³-hybridized carbons (Fsp3) is 0.941. The van der Waals surface area contributed by atoms with Crippen LogP contribution in [0.4, 0.5) is 4.79 Å². The molecule has 4 heteroatoms. The third-order valence-electron chi connectivity index (χ3n) is 3.93. The monoisotopic (exact) mass is 298 g/mol. The van der Waals surface area contributed by atoms with Gasteiger partial charge in [0.15, 0.2) is 0 Å². The van der Waals surface area contributed by atoms with Crippen molar-refractivity contribution in [2.24, 2.45) is 5.92 Å². The van der Waals surface area contributed by atoms with Crippen LogP contribution in [-0.2, 0) is 4.74 Å².